The molecule has 0 saturated carbocycles. The summed E-state index contributed by atoms with van der Waals surface area (Å²) in [4.78, 5) is 23.8. The smallest absolute Gasteiger partial charge is 0.246 e. The number of hydrogen-bond donors (Lipinski definition) is 2. The van der Waals surface area contributed by atoms with Crippen molar-refractivity contribution >= 4 is 11.8 Å². The summed E-state index contributed by atoms with van der Waals surface area (Å²) in [6.45, 7) is 6.64. The topological polar surface area (TPSA) is 81.4 Å². The number of amides is 2. The van der Waals surface area contributed by atoms with Crippen LogP contribution in [0.2, 0.25) is 0 Å². The maximum Gasteiger partial charge on any atom is 0.246 e. The predicted octanol–water partition coefficient (Wildman–Crippen LogP) is 2.71. The zero-order chi connectivity index (χ0) is 19.9. The average molecular weight is 368 g/mol. The molecule has 2 aromatic rings. The van der Waals surface area contributed by atoms with E-state index in [4.69, 9.17) is 10.5 Å². The Hall–Kier alpha value is -2.66. The molecule has 2 rings (SSSR count). The summed E-state index contributed by atoms with van der Waals surface area (Å²) >= 11 is 0. The molecular formula is C22H28N2O3. The molecule has 0 heterocycles. The van der Waals surface area contributed by atoms with Crippen molar-refractivity contribution in [3.8, 4) is 0 Å². The van der Waals surface area contributed by atoms with Crippen LogP contribution in [0, 0.1) is 0 Å². The van der Waals surface area contributed by atoms with E-state index in [1.54, 1.807) is 0 Å². The van der Waals surface area contributed by atoms with Gasteiger partial charge >= 0.3 is 0 Å². The van der Waals surface area contributed by atoms with Crippen molar-refractivity contribution in [2.45, 2.75) is 45.3 Å². The lowest BCUT2D eigenvalue weighted by atomic mass is 9.86. The van der Waals surface area contributed by atoms with Gasteiger partial charge < -0.3 is 15.8 Å². The first kappa shape index (κ1) is 20.6. The summed E-state index contributed by atoms with van der Waals surface area (Å²) in [5, 5.41) is 2.66. The van der Waals surface area contributed by atoms with Crippen LogP contribution >= 0.6 is 0 Å². The molecule has 27 heavy (non-hydrogen) atoms. The first-order valence-electron chi connectivity index (χ1n) is 9.05. The molecule has 0 saturated heterocycles. The van der Waals surface area contributed by atoms with Crippen LogP contribution in [0.15, 0.2) is 54.6 Å². The first-order valence-corrected chi connectivity index (χ1v) is 9.05. The molecule has 0 unspecified atom stereocenters. The van der Waals surface area contributed by atoms with Crippen molar-refractivity contribution in [2.24, 2.45) is 5.73 Å². The predicted molar refractivity (Wildman–Crippen MR) is 106 cm³/mol. The van der Waals surface area contributed by atoms with Gasteiger partial charge in [0.15, 0.2) is 0 Å². The highest BCUT2D eigenvalue weighted by Gasteiger charge is 2.19. The van der Waals surface area contributed by atoms with Gasteiger partial charge in [-0.25, -0.2) is 0 Å². The van der Waals surface area contributed by atoms with Crippen molar-refractivity contribution in [3.05, 3.63) is 71.3 Å². The second-order valence-electron chi connectivity index (χ2n) is 7.65. The van der Waals surface area contributed by atoms with Crippen LogP contribution in [-0.2, 0) is 32.8 Å². The highest BCUT2D eigenvalue weighted by molar-refractivity contribution is 5.87. The normalized spacial score (nSPS) is 12.4. The van der Waals surface area contributed by atoms with E-state index in [0.29, 0.717) is 13.0 Å². The summed E-state index contributed by atoms with van der Waals surface area (Å²) < 4.78 is 5.40. The Kier molecular flexibility index (Phi) is 7.13. The van der Waals surface area contributed by atoms with E-state index in [1.807, 2.05) is 54.6 Å². The first-order chi connectivity index (χ1) is 12.8. The molecule has 0 bridgehead atoms. The lowest BCUT2D eigenvalue weighted by molar-refractivity contribution is -0.130. The van der Waals surface area contributed by atoms with Crippen molar-refractivity contribution in [3.63, 3.8) is 0 Å². The van der Waals surface area contributed by atoms with Crippen LogP contribution in [0.4, 0.5) is 0 Å². The minimum absolute atomic E-state index is 0.0614. The van der Waals surface area contributed by atoms with Gasteiger partial charge in [-0.3, -0.25) is 9.59 Å². The van der Waals surface area contributed by atoms with E-state index in [-0.39, 0.29) is 17.9 Å². The third kappa shape index (κ3) is 6.87. The van der Waals surface area contributed by atoms with Gasteiger partial charge in [0.05, 0.1) is 6.61 Å². The molecule has 0 aliphatic rings. The molecule has 5 heteroatoms. The van der Waals surface area contributed by atoms with Crippen LogP contribution in [0.1, 0.15) is 37.5 Å². The summed E-state index contributed by atoms with van der Waals surface area (Å²) in [6.07, 6.45) is 0.351. The van der Waals surface area contributed by atoms with E-state index in [0.717, 1.165) is 11.1 Å². The zero-order valence-electron chi connectivity index (χ0n) is 16.2. The number of nitrogens with one attached hydrogen (secondary N) is 1. The monoisotopic (exact) mass is 368 g/mol. The molecule has 0 spiro atoms. The second-order valence-corrected chi connectivity index (χ2v) is 7.65. The second kappa shape index (κ2) is 9.33. The molecule has 0 aliphatic carbocycles. The lowest BCUT2D eigenvalue weighted by Gasteiger charge is -2.20. The van der Waals surface area contributed by atoms with Gasteiger partial charge in [-0.05, 0) is 22.1 Å². The number of carbonyl (C=O) groups excluding carboxylic acids is 2. The average Bonchev–Trinajstić information content (AvgIpc) is 2.61. The Balaban J connectivity index is 1.87. The third-order valence-electron chi connectivity index (χ3n) is 4.28. The fourth-order valence-electron chi connectivity index (χ4n) is 2.67. The summed E-state index contributed by atoms with van der Waals surface area (Å²) in [5.41, 5.74) is 8.65. The molecule has 3 N–H and O–H groups in total. The number of rotatable bonds is 8. The highest BCUT2D eigenvalue weighted by Crippen LogP contribution is 2.22. The molecule has 0 radical (unpaired) electrons. The molecule has 2 amide bonds. The molecule has 0 aromatic heterocycles. The maximum absolute atomic E-state index is 12.1. The number of benzene rings is 2. The van der Waals surface area contributed by atoms with E-state index in [2.05, 4.69) is 26.1 Å². The van der Waals surface area contributed by atoms with Crippen LogP contribution in [0.25, 0.3) is 0 Å². The molecule has 0 aliphatic heterocycles. The largest absolute Gasteiger partial charge is 0.368 e. The van der Waals surface area contributed by atoms with Crippen LogP contribution < -0.4 is 11.1 Å². The highest BCUT2D eigenvalue weighted by atomic mass is 16.5. The lowest BCUT2D eigenvalue weighted by Crippen LogP contribution is -2.47. The minimum Gasteiger partial charge on any atom is -0.368 e. The molecule has 5 nitrogen and oxygen atoms in total. The number of primary amides is 1. The van der Waals surface area contributed by atoms with E-state index in [9.17, 15) is 9.59 Å². The molecule has 144 valence electrons. The Morgan fingerprint density at radius 1 is 1.00 bits per heavy atom. The summed E-state index contributed by atoms with van der Waals surface area (Å²) in [6, 6.07) is 16.8. The Morgan fingerprint density at radius 3 is 2.19 bits per heavy atom. The fraction of sp³-hybridized carbons (Fsp3) is 0.364. The van der Waals surface area contributed by atoms with E-state index >= 15 is 0 Å². The number of ether oxygens (including phenoxy) is 1. The summed E-state index contributed by atoms with van der Waals surface area (Å²) in [7, 11) is 0. The zero-order valence-corrected chi connectivity index (χ0v) is 16.2. The standard InChI is InChI=1S/C22H28N2O3/c1-22(2,3)18-11-9-16(10-12-18)13-19(21(23)26)24-20(25)15-27-14-17-7-5-4-6-8-17/h4-12,19H,13-15H2,1-3H3,(H2,23,26)(H,24,25)/t19-/m1/s1. The SMILES string of the molecule is CC(C)(C)c1ccc(C[C@@H](NC(=O)COCc2ccccc2)C(N)=O)cc1. The number of nitrogens with two attached hydrogens (primary N) is 1. The Morgan fingerprint density at radius 2 is 1.63 bits per heavy atom. The fourth-order valence-corrected chi connectivity index (χ4v) is 2.67. The van der Waals surface area contributed by atoms with Gasteiger partial charge in [-0.1, -0.05) is 75.4 Å². The van der Waals surface area contributed by atoms with Crippen molar-refractivity contribution in [1.29, 1.82) is 0 Å². The van der Waals surface area contributed by atoms with E-state index < -0.39 is 11.9 Å². The molecular weight excluding hydrogens is 340 g/mol. The summed E-state index contributed by atoms with van der Waals surface area (Å²) in [5.74, 6) is -0.924. The third-order valence-corrected chi connectivity index (χ3v) is 4.28. The molecule has 0 fully saturated rings. The van der Waals surface area contributed by atoms with Gasteiger partial charge in [0, 0.05) is 6.42 Å². The minimum atomic E-state index is -0.765. The van der Waals surface area contributed by atoms with Crippen LogP contribution in [0.3, 0.4) is 0 Å². The van der Waals surface area contributed by atoms with Gasteiger partial charge in [-0.15, -0.1) is 0 Å². The Labute approximate surface area is 160 Å². The quantitative estimate of drug-likeness (QED) is 0.752. The Bertz CT molecular complexity index is 749. The van der Waals surface area contributed by atoms with Gasteiger partial charge in [-0.2, -0.15) is 0 Å². The maximum atomic E-state index is 12.1. The van der Waals surface area contributed by atoms with Crippen molar-refractivity contribution in [1.82, 2.24) is 5.32 Å². The van der Waals surface area contributed by atoms with Gasteiger partial charge in [0.2, 0.25) is 11.8 Å². The van der Waals surface area contributed by atoms with Gasteiger partial charge in [0.1, 0.15) is 12.6 Å². The number of carbonyl (C=O) groups is 2. The number of hydrogen-bond acceptors (Lipinski definition) is 3. The van der Waals surface area contributed by atoms with Crippen LogP contribution in [-0.4, -0.2) is 24.5 Å². The van der Waals surface area contributed by atoms with Crippen LogP contribution in [0.5, 0.6) is 0 Å². The van der Waals surface area contributed by atoms with Crippen molar-refractivity contribution in [2.75, 3.05) is 6.61 Å². The van der Waals surface area contributed by atoms with Crippen molar-refractivity contribution < 1.29 is 14.3 Å². The molecule has 2 aromatic carbocycles. The molecule has 1 atom stereocenters. The van der Waals surface area contributed by atoms with E-state index in [1.165, 1.54) is 5.56 Å². The van der Waals surface area contributed by atoms with Gasteiger partial charge in [0.25, 0.3) is 0 Å².